The van der Waals surface area contributed by atoms with E-state index in [1.54, 1.807) is 0 Å². The Labute approximate surface area is 287 Å². The largest absolute Gasteiger partial charge is 0.501 e. The summed E-state index contributed by atoms with van der Waals surface area (Å²) in [5.41, 5.74) is 9.67. The molecular formula is C40H36IrN2OSi2-2. The van der Waals surface area contributed by atoms with Crippen molar-refractivity contribution in [3.8, 4) is 33.6 Å². The van der Waals surface area contributed by atoms with Gasteiger partial charge >= 0.3 is 0 Å². The van der Waals surface area contributed by atoms with E-state index in [1.165, 1.54) is 37.6 Å². The van der Waals surface area contributed by atoms with Gasteiger partial charge in [0.1, 0.15) is 13.7 Å². The molecule has 0 spiro atoms. The molecule has 4 aromatic carbocycles. The summed E-state index contributed by atoms with van der Waals surface area (Å²) in [7, 11) is -2.94. The van der Waals surface area contributed by atoms with Crippen LogP contribution in [0.4, 0.5) is 0 Å². The van der Waals surface area contributed by atoms with Crippen molar-refractivity contribution in [3.63, 3.8) is 0 Å². The van der Waals surface area contributed by atoms with E-state index >= 15 is 0 Å². The van der Waals surface area contributed by atoms with Crippen molar-refractivity contribution in [1.29, 1.82) is 0 Å². The summed E-state index contributed by atoms with van der Waals surface area (Å²) < 4.78 is 6.45. The molecule has 0 saturated heterocycles. The molecule has 1 aliphatic heterocycles. The maximum atomic E-state index is 6.45. The van der Waals surface area contributed by atoms with Crippen molar-refractivity contribution in [2.75, 3.05) is 0 Å². The number of fused-ring (bicyclic) bond motifs is 6. The molecule has 0 unspecified atom stereocenters. The Morgan fingerprint density at radius 1 is 0.717 bits per heavy atom. The first-order valence-corrected chi connectivity index (χ1v) is 22.0. The van der Waals surface area contributed by atoms with Crippen molar-refractivity contribution in [2.24, 2.45) is 0 Å². The molecular weight excluding hydrogens is 773 g/mol. The number of hydrogen-bond donors (Lipinski definition) is 0. The van der Waals surface area contributed by atoms with Crippen LogP contribution >= 0.6 is 0 Å². The van der Waals surface area contributed by atoms with Gasteiger partial charge < -0.3 is 14.4 Å². The molecule has 0 N–H and O–H groups in total. The molecule has 0 fully saturated rings. The minimum atomic E-state index is -1.71. The van der Waals surface area contributed by atoms with E-state index in [9.17, 15) is 0 Å². The molecule has 7 aromatic rings. The number of aryl methyl sites for hydroxylation is 1. The Hall–Kier alpha value is -3.94. The average Bonchev–Trinajstić information content (AvgIpc) is 3.52. The van der Waals surface area contributed by atoms with Gasteiger partial charge in [-0.15, -0.1) is 54.1 Å². The second kappa shape index (κ2) is 12.3. The zero-order chi connectivity index (χ0) is 31.3. The predicted octanol–water partition coefficient (Wildman–Crippen LogP) is 8.65. The van der Waals surface area contributed by atoms with Crippen LogP contribution in [0.2, 0.25) is 32.7 Å². The molecule has 1 aliphatic rings. The molecule has 3 nitrogen and oxygen atoms in total. The van der Waals surface area contributed by atoms with E-state index < -0.39 is 16.1 Å². The van der Waals surface area contributed by atoms with Crippen molar-refractivity contribution >= 4 is 53.6 Å². The summed E-state index contributed by atoms with van der Waals surface area (Å²) in [5.74, 6) is 0. The summed E-state index contributed by atoms with van der Waals surface area (Å²) in [6, 6.07) is 40.5. The van der Waals surface area contributed by atoms with Crippen molar-refractivity contribution in [2.45, 2.75) is 39.7 Å². The van der Waals surface area contributed by atoms with Crippen molar-refractivity contribution in [3.05, 3.63) is 127 Å². The second-order valence-electron chi connectivity index (χ2n) is 13.4. The van der Waals surface area contributed by atoms with Crippen LogP contribution in [0.25, 0.3) is 55.6 Å². The summed E-state index contributed by atoms with van der Waals surface area (Å²) in [4.78, 5) is 9.08. The first kappa shape index (κ1) is 32.0. The van der Waals surface area contributed by atoms with Crippen molar-refractivity contribution in [1.82, 2.24) is 9.97 Å². The van der Waals surface area contributed by atoms with Gasteiger partial charge in [0.05, 0.1) is 13.7 Å². The minimum absolute atomic E-state index is 0. The zero-order valence-electron chi connectivity index (χ0n) is 27.0. The molecule has 231 valence electrons. The Morgan fingerprint density at radius 2 is 1.52 bits per heavy atom. The molecule has 8 rings (SSSR count). The van der Waals surface area contributed by atoms with E-state index in [1.807, 2.05) is 48.8 Å². The summed E-state index contributed by atoms with van der Waals surface area (Å²) >= 11 is 0. The first-order valence-electron chi connectivity index (χ1n) is 15.5. The predicted molar refractivity (Wildman–Crippen MR) is 194 cm³/mol. The molecule has 0 atom stereocenters. The molecule has 0 amide bonds. The summed E-state index contributed by atoms with van der Waals surface area (Å²) in [6.07, 6.45) is 3.86. The van der Waals surface area contributed by atoms with Gasteiger partial charge in [-0.3, -0.25) is 0 Å². The number of benzene rings is 4. The monoisotopic (exact) mass is 809 g/mol. The van der Waals surface area contributed by atoms with Crippen LogP contribution in [0.5, 0.6) is 0 Å². The zero-order valence-corrected chi connectivity index (χ0v) is 31.4. The van der Waals surface area contributed by atoms with Gasteiger partial charge in [-0.1, -0.05) is 91.7 Å². The van der Waals surface area contributed by atoms with Crippen LogP contribution in [0.15, 0.2) is 114 Å². The fourth-order valence-corrected chi connectivity index (χ4v) is 10.4. The van der Waals surface area contributed by atoms with E-state index in [4.69, 9.17) is 4.42 Å². The normalized spacial score (nSPS) is 13.0. The van der Waals surface area contributed by atoms with E-state index in [0.29, 0.717) is 0 Å². The molecule has 0 saturated carbocycles. The first-order chi connectivity index (χ1) is 21.6. The Kier molecular flexibility index (Phi) is 8.59. The fourth-order valence-electron chi connectivity index (χ4n) is 6.35. The molecule has 0 bridgehead atoms. The van der Waals surface area contributed by atoms with Crippen LogP contribution < -0.4 is 15.6 Å². The Morgan fingerprint density at radius 3 is 2.24 bits per heavy atom. The van der Waals surface area contributed by atoms with Crippen LogP contribution in [0.3, 0.4) is 0 Å². The van der Waals surface area contributed by atoms with Gasteiger partial charge in [0.15, 0.2) is 0 Å². The molecule has 6 heteroatoms. The number of nitrogens with zero attached hydrogens (tertiary/aromatic N) is 2. The van der Waals surface area contributed by atoms with Crippen LogP contribution in [-0.2, 0) is 20.1 Å². The van der Waals surface area contributed by atoms with Gasteiger partial charge in [-0.2, -0.15) is 0 Å². The number of rotatable bonds is 3. The van der Waals surface area contributed by atoms with Crippen LogP contribution in [-0.4, -0.2) is 26.1 Å². The van der Waals surface area contributed by atoms with E-state index in [2.05, 4.69) is 122 Å². The molecule has 46 heavy (non-hydrogen) atoms. The maximum Gasteiger partial charge on any atom is 0.120 e. The smallest absolute Gasteiger partial charge is 0.120 e. The van der Waals surface area contributed by atoms with E-state index in [-0.39, 0.29) is 20.1 Å². The number of aromatic nitrogens is 2. The third-order valence-corrected chi connectivity index (χ3v) is 14.5. The Bertz CT molecular complexity index is 2180. The van der Waals surface area contributed by atoms with Gasteiger partial charge in [-0.25, -0.2) is 0 Å². The van der Waals surface area contributed by atoms with Gasteiger partial charge in [-0.05, 0) is 63.2 Å². The van der Waals surface area contributed by atoms with Crippen molar-refractivity contribution < 1.29 is 24.5 Å². The average molecular weight is 809 g/mol. The van der Waals surface area contributed by atoms with Gasteiger partial charge in [0.25, 0.3) is 0 Å². The van der Waals surface area contributed by atoms with Crippen LogP contribution in [0.1, 0.15) is 5.56 Å². The number of hydrogen-bond acceptors (Lipinski definition) is 3. The molecule has 0 aliphatic carbocycles. The molecule has 1 radical (unpaired) electrons. The SMILES string of the molecule is C[Si](C)(C)c1ccc(-c2[c-]cccc2)nc1.Cc1ccnc(-c2[c-]ccc3c2oc2cc4c(cc23)-c2ccccc2[Si]4(C)C)c1.[Ir]. The summed E-state index contributed by atoms with van der Waals surface area (Å²) in [6.45, 7) is 13.9. The molecule has 4 heterocycles. The van der Waals surface area contributed by atoms with Gasteiger partial charge in [0, 0.05) is 37.9 Å². The van der Waals surface area contributed by atoms with Crippen LogP contribution in [0, 0.1) is 19.1 Å². The third-order valence-electron chi connectivity index (χ3n) is 8.92. The Balaban J connectivity index is 0.000000187. The standard InChI is InChI=1S/C26H20NOSi.C14H16NSi.Ir/c1-16-11-12-27-22(13-16)19-9-6-8-18-20-14-21-17-7-4-5-10-24(17)29(2,3)25(21)15-23(20)28-26(18)19;1-16(2,3)13-9-10-14(15-11-13)12-7-5-4-6-8-12;/h4-8,10-15H,1-3H3;4-7,9-11H,1-3H3;/q2*-1;. The van der Waals surface area contributed by atoms with Gasteiger partial charge in [0.2, 0.25) is 0 Å². The minimum Gasteiger partial charge on any atom is -0.501 e. The third kappa shape index (κ3) is 5.76. The number of pyridine rings is 2. The maximum absolute atomic E-state index is 6.45. The second-order valence-corrected chi connectivity index (χ2v) is 22.8. The molecule has 3 aromatic heterocycles. The fraction of sp³-hybridized carbons (Fsp3) is 0.150. The number of furan rings is 1. The van der Waals surface area contributed by atoms with E-state index in [0.717, 1.165) is 39.1 Å². The quantitative estimate of drug-likeness (QED) is 0.133. The summed E-state index contributed by atoms with van der Waals surface area (Å²) in [5, 5.41) is 6.67. The topological polar surface area (TPSA) is 38.9 Å².